The lowest BCUT2D eigenvalue weighted by Gasteiger charge is -2.26. The van der Waals surface area contributed by atoms with Crippen molar-refractivity contribution < 1.29 is 9.59 Å². The molecular formula is C18H25Cl2N3O2. The van der Waals surface area contributed by atoms with Gasteiger partial charge in [0.05, 0.1) is 10.0 Å². The Kier molecular flexibility index (Phi) is 7.54. The molecule has 3 N–H and O–H groups in total. The van der Waals surface area contributed by atoms with Crippen molar-refractivity contribution in [3.05, 3.63) is 33.8 Å². The average molecular weight is 386 g/mol. The lowest BCUT2D eigenvalue weighted by molar-refractivity contribution is -0.125. The molecule has 1 aliphatic heterocycles. The van der Waals surface area contributed by atoms with Crippen molar-refractivity contribution in [2.24, 2.45) is 5.73 Å². The molecule has 1 fully saturated rings. The second-order valence-electron chi connectivity index (χ2n) is 6.37. The van der Waals surface area contributed by atoms with Gasteiger partial charge in [0.15, 0.2) is 0 Å². The summed E-state index contributed by atoms with van der Waals surface area (Å²) in [7, 11) is 0. The lowest BCUT2D eigenvalue weighted by atomic mass is 10.1. The normalized spacial score (nSPS) is 18.2. The van der Waals surface area contributed by atoms with E-state index in [9.17, 15) is 9.59 Å². The molecule has 0 saturated carbocycles. The van der Waals surface area contributed by atoms with Crippen LogP contribution in [-0.4, -0.2) is 41.9 Å². The van der Waals surface area contributed by atoms with Crippen LogP contribution in [0.2, 0.25) is 10.0 Å². The van der Waals surface area contributed by atoms with Crippen LogP contribution in [0.1, 0.15) is 49.4 Å². The monoisotopic (exact) mass is 385 g/mol. The topological polar surface area (TPSA) is 75.4 Å². The number of nitrogens with one attached hydrogen (secondary N) is 1. The summed E-state index contributed by atoms with van der Waals surface area (Å²) in [5.74, 6) is -0.327. The Bertz CT molecular complexity index is 624. The number of halogens is 2. The molecule has 0 aromatic heterocycles. The van der Waals surface area contributed by atoms with E-state index in [2.05, 4.69) is 12.2 Å². The first-order valence-electron chi connectivity index (χ1n) is 8.74. The molecule has 25 heavy (non-hydrogen) atoms. The molecule has 2 atom stereocenters. The molecular weight excluding hydrogens is 361 g/mol. The van der Waals surface area contributed by atoms with E-state index in [4.69, 9.17) is 28.9 Å². The number of nitrogens with zero attached hydrogens (tertiary/aromatic N) is 1. The zero-order valence-electron chi connectivity index (χ0n) is 14.4. The molecule has 2 amide bonds. The Labute approximate surface area is 158 Å². The fourth-order valence-electron chi connectivity index (χ4n) is 3.07. The Morgan fingerprint density at radius 3 is 2.76 bits per heavy atom. The number of likely N-dealkylation sites (tertiary alicyclic amines) is 1. The molecule has 7 heteroatoms. The molecule has 1 saturated heterocycles. The first-order chi connectivity index (χ1) is 12.0. The maximum absolute atomic E-state index is 12.8. The summed E-state index contributed by atoms with van der Waals surface area (Å²) in [6.45, 7) is 3.06. The van der Waals surface area contributed by atoms with Crippen molar-refractivity contribution in [1.82, 2.24) is 10.2 Å². The summed E-state index contributed by atoms with van der Waals surface area (Å²) in [5.41, 5.74) is 6.19. The largest absolute Gasteiger partial charge is 0.350 e. The van der Waals surface area contributed by atoms with Crippen LogP contribution in [0.15, 0.2) is 18.2 Å². The van der Waals surface area contributed by atoms with Gasteiger partial charge in [-0.1, -0.05) is 43.0 Å². The smallest absolute Gasteiger partial charge is 0.254 e. The summed E-state index contributed by atoms with van der Waals surface area (Å²) in [6, 6.07) is 4.27. The minimum absolute atomic E-state index is 0.0463. The molecule has 0 spiro atoms. The maximum Gasteiger partial charge on any atom is 0.254 e. The van der Waals surface area contributed by atoms with Gasteiger partial charge in [-0.15, -0.1) is 0 Å². The number of benzene rings is 1. The van der Waals surface area contributed by atoms with E-state index in [1.807, 2.05) is 0 Å². The molecule has 0 aliphatic carbocycles. The van der Waals surface area contributed by atoms with Crippen LogP contribution in [0.3, 0.4) is 0 Å². The minimum Gasteiger partial charge on any atom is -0.350 e. The highest BCUT2D eigenvalue weighted by atomic mass is 35.5. The number of nitrogens with two attached hydrogens (primary N) is 1. The van der Waals surface area contributed by atoms with Gasteiger partial charge < -0.3 is 16.0 Å². The van der Waals surface area contributed by atoms with Crippen LogP contribution in [0.5, 0.6) is 0 Å². The molecule has 0 bridgehead atoms. The number of hydrogen-bond acceptors (Lipinski definition) is 3. The van der Waals surface area contributed by atoms with Crippen molar-refractivity contribution in [3.8, 4) is 0 Å². The van der Waals surface area contributed by atoms with Gasteiger partial charge >= 0.3 is 0 Å². The van der Waals surface area contributed by atoms with E-state index in [0.717, 1.165) is 25.7 Å². The third-order valence-corrected chi connectivity index (χ3v) is 5.26. The Morgan fingerprint density at radius 2 is 2.12 bits per heavy atom. The number of rotatable bonds is 7. The first kappa shape index (κ1) is 20.0. The van der Waals surface area contributed by atoms with Crippen LogP contribution in [0, 0.1) is 0 Å². The van der Waals surface area contributed by atoms with Crippen molar-refractivity contribution in [1.29, 1.82) is 0 Å². The van der Waals surface area contributed by atoms with Gasteiger partial charge in [-0.05, 0) is 37.5 Å². The van der Waals surface area contributed by atoms with Gasteiger partial charge in [0.25, 0.3) is 5.91 Å². The van der Waals surface area contributed by atoms with Crippen LogP contribution in [-0.2, 0) is 4.79 Å². The SMILES string of the molecule is CCCCC(CN)NC(=O)C1CCCN1C(=O)c1ccc(Cl)c(Cl)c1. The first-order valence-corrected chi connectivity index (χ1v) is 9.50. The number of carbonyl (C=O) groups excluding carboxylic acids is 2. The van der Waals surface area contributed by atoms with E-state index in [-0.39, 0.29) is 17.9 Å². The Hall–Kier alpha value is -1.30. The van der Waals surface area contributed by atoms with Gasteiger partial charge in [0.1, 0.15) is 6.04 Å². The van der Waals surface area contributed by atoms with Crippen molar-refractivity contribution >= 4 is 35.0 Å². The lowest BCUT2D eigenvalue weighted by Crippen LogP contribution is -2.50. The van der Waals surface area contributed by atoms with Gasteiger partial charge in [-0.2, -0.15) is 0 Å². The molecule has 1 aromatic carbocycles. The van der Waals surface area contributed by atoms with Crippen molar-refractivity contribution in [2.75, 3.05) is 13.1 Å². The summed E-state index contributed by atoms with van der Waals surface area (Å²) >= 11 is 11.9. The van der Waals surface area contributed by atoms with Crippen LogP contribution >= 0.6 is 23.2 Å². The highest BCUT2D eigenvalue weighted by Crippen LogP contribution is 2.26. The minimum atomic E-state index is -0.461. The number of carbonyl (C=O) groups is 2. The molecule has 138 valence electrons. The quantitative estimate of drug-likeness (QED) is 0.756. The highest BCUT2D eigenvalue weighted by molar-refractivity contribution is 6.42. The maximum atomic E-state index is 12.8. The number of amides is 2. The predicted molar refractivity (Wildman–Crippen MR) is 101 cm³/mol. The van der Waals surface area contributed by atoms with Gasteiger partial charge in [-0.3, -0.25) is 9.59 Å². The standard InChI is InChI=1S/C18H25Cl2N3O2/c1-2-3-5-13(11-21)22-17(24)16-6-4-9-23(16)18(25)12-7-8-14(19)15(20)10-12/h7-8,10,13,16H,2-6,9,11,21H2,1H3,(H,22,24). The number of hydrogen-bond donors (Lipinski definition) is 2. The van der Waals surface area contributed by atoms with Crippen molar-refractivity contribution in [2.45, 2.75) is 51.1 Å². The fourth-order valence-corrected chi connectivity index (χ4v) is 3.37. The molecule has 2 unspecified atom stereocenters. The molecule has 1 aliphatic rings. The fraction of sp³-hybridized carbons (Fsp3) is 0.556. The summed E-state index contributed by atoms with van der Waals surface area (Å²) in [5, 5.41) is 3.72. The summed E-state index contributed by atoms with van der Waals surface area (Å²) in [4.78, 5) is 27.0. The van der Waals surface area contributed by atoms with Crippen LogP contribution < -0.4 is 11.1 Å². The van der Waals surface area contributed by atoms with E-state index in [1.165, 1.54) is 0 Å². The average Bonchev–Trinajstić information content (AvgIpc) is 3.10. The van der Waals surface area contributed by atoms with Gasteiger partial charge in [0.2, 0.25) is 5.91 Å². The third-order valence-electron chi connectivity index (χ3n) is 4.52. The predicted octanol–water partition coefficient (Wildman–Crippen LogP) is 3.23. The third kappa shape index (κ3) is 5.09. The van der Waals surface area contributed by atoms with E-state index in [0.29, 0.717) is 35.1 Å². The Balaban J connectivity index is 2.06. The van der Waals surface area contributed by atoms with Gasteiger partial charge in [0, 0.05) is 24.7 Å². The summed E-state index contributed by atoms with van der Waals surface area (Å²) < 4.78 is 0. The molecule has 2 rings (SSSR count). The van der Waals surface area contributed by atoms with E-state index in [1.54, 1.807) is 23.1 Å². The molecule has 1 heterocycles. The molecule has 5 nitrogen and oxygen atoms in total. The van der Waals surface area contributed by atoms with E-state index < -0.39 is 6.04 Å². The highest BCUT2D eigenvalue weighted by Gasteiger charge is 2.35. The number of unbranched alkanes of at least 4 members (excludes halogenated alkanes) is 1. The van der Waals surface area contributed by atoms with Crippen LogP contribution in [0.25, 0.3) is 0 Å². The zero-order chi connectivity index (χ0) is 18.4. The van der Waals surface area contributed by atoms with E-state index >= 15 is 0 Å². The van der Waals surface area contributed by atoms with Crippen molar-refractivity contribution in [3.63, 3.8) is 0 Å². The zero-order valence-corrected chi connectivity index (χ0v) is 15.9. The summed E-state index contributed by atoms with van der Waals surface area (Å²) in [6.07, 6.45) is 4.38. The second kappa shape index (κ2) is 9.41. The van der Waals surface area contributed by atoms with Gasteiger partial charge in [-0.25, -0.2) is 0 Å². The molecule has 0 radical (unpaired) electrons. The Morgan fingerprint density at radius 1 is 1.36 bits per heavy atom. The second-order valence-corrected chi connectivity index (χ2v) is 7.18. The van der Waals surface area contributed by atoms with Crippen LogP contribution in [0.4, 0.5) is 0 Å². The molecule has 1 aromatic rings.